The molecule has 0 aliphatic heterocycles. The van der Waals surface area contributed by atoms with Crippen LogP contribution in [0.3, 0.4) is 0 Å². The van der Waals surface area contributed by atoms with Crippen molar-refractivity contribution in [3.05, 3.63) is 11.1 Å². The molecule has 0 aromatic carbocycles. The molecule has 1 heteroatoms. The highest BCUT2D eigenvalue weighted by Crippen LogP contribution is 2.32. The standard InChI is InChI=1S/C9H16O/c1-6-4-5-9(7(6)2)8(3)10/h6,8,10H,4-5H2,1-3H3. The van der Waals surface area contributed by atoms with Gasteiger partial charge < -0.3 is 5.11 Å². The SMILES string of the molecule is CC1=C(C(C)O)CCC1C. The van der Waals surface area contributed by atoms with Crippen LogP contribution in [0.1, 0.15) is 33.6 Å². The fourth-order valence-corrected chi connectivity index (χ4v) is 1.64. The highest BCUT2D eigenvalue weighted by Gasteiger charge is 2.20. The maximum absolute atomic E-state index is 9.28. The predicted molar refractivity (Wildman–Crippen MR) is 42.8 cm³/mol. The average Bonchev–Trinajstić information content (AvgIpc) is 2.14. The Morgan fingerprint density at radius 3 is 2.40 bits per heavy atom. The maximum Gasteiger partial charge on any atom is 0.0724 e. The van der Waals surface area contributed by atoms with E-state index in [2.05, 4.69) is 13.8 Å². The van der Waals surface area contributed by atoms with Crippen molar-refractivity contribution in [3.8, 4) is 0 Å². The van der Waals surface area contributed by atoms with Gasteiger partial charge in [-0.25, -0.2) is 0 Å². The summed E-state index contributed by atoms with van der Waals surface area (Å²) >= 11 is 0. The minimum absolute atomic E-state index is 0.218. The lowest BCUT2D eigenvalue weighted by atomic mass is 10.0. The minimum atomic E-state index is -0.218. The Morgan fingerprint density at radius 1 is 1.60 bits per heavy atom. The maximum atomic E-state index is 9.28. The van der Waals surface area contributed by atoms with E-state index < -0.39 is 0 Å². The molecule has 2 unspecified atom stereocenters. The lowest BCUT2D eigenvalue weighted by molar-refractivity contribution is 0.228. The zero-order chi connectivity index (χ0) is 7.72. The van der Waals surface area contributed by atoms with E-state index in [0.29, 0.717) is 5.92 Å². The summed E-state index contributed by atoms with van der Waals surface area (Å²) in [5.74, 6) is 0.699. The normalized spacial score (nSPS) is 29.4. The van der Waals surface area contributed by atoms with Crippen molar-refractivity contribution < 1.29 is 5.11 Å². The van der Waals surface area contributed by atoms with Crippen molar-refractivity contribution in [3.63, 3.8) is 0 Å². The molecular formula is C9H16O. The van der Waals surface area contributed by atoms with Crippen LogP contribution in [0, 0.1) is 5.92 Å². The first-order valence-electron chi connectivity index (χ1n) is 4.00. The topological polar surface area (TPSA) is 20.2 Å². The third-order valence-electron chi connectivity index (χ3n) is 2.60. The van der Waals surface area contributed by atoms with Gasteiger partial charge in [0.05, 0.1) is 6.10 Å². The molecule has 0 spiro atoms. The molecule has 2 atom stereocenters. The molecule has 1 aliphatic carbocycles. The van der Waals surface area contributed by atoms with Crippen LogP contribution in [-0.4, -0.2) is 11.2 Å². The zero-order valence-electron chi connectivity index (χ0n) is 7.02. The highest BCUT2D eigenvalue weighted by molar-refractivity contribution is 5.22. The van der Waals surface area contributed by atoms with Gasteiger partial charge in [0.15, 0.2) is 0 Å². The van der Waals surface area contributed by atoms with Gasteiger partial charge >= 0.3 is 0 Å². The zero-order valence-corrected chi connectivity index (χ0v) is 7.02. The fourth-order valence-electron chi connectivity index (χ4n) is 1.64. The van der Waals surface area contributed by atoms with Crippen molar-refractivity contribution in [1.29, 1.82) is 0 Å². The van der Waals surface area contributed by atoms with Gasteiger partial charge in [0.25, 0.3) is 0 Å². The first kappa shape index (κ1) is 7.80. The van der Waals surface area contributed by atoms with Gasteiger partial charge in [-0.1, -0.05) is 12.5 Å². The van der Waals surface area contributed by atoms with Crippen LogP contribution in [0.25, 0.3) is 0 Å². The first-order valence-corrected chi connectivity index (χ1v) is 4.00. The van der Waals surface area contributed by atoms with Gasteiger partial charge in [0.2, 0.25) is 0 Å². The molecule has 0 aromatic heterocycles. The van der Waals surface area contributed by atoms with Crippen molar-refractivity contribution in [2.75, 3.05) is 0 Å². The van der Waals surface area contributed by atoms with Gasteiger partial charge in [-0.15, -0.1) is 0 Å². The molecule has 0 saturated carbocycles. The molecule has 1 aliphatic rings. The number of aliphatic hydroxyl groups is 1. The molecule has 1 N–H and O–H groups in total. The second kappa shape index (κ2) is 2.75. The van der Waals surface area contributed by atoms with Crippen molar-refractivity contribution in [2.45, 2.75) is 39.7 Å². The quantitative estimate of drug-likeness (QED) is 0.553. The molecule has 58 valence electrons. The Morgan fingerprint density at radius 2 is 2.20 bits per heavy atom. The van der Waals surface area contributed by atoms with Crippen LogP contribution in [0.2, 0.25) is 0 Å². The molecule has 0 amide bonds. The summed E-state index contributed by atoms with van der Waals surface area (Å²) < 4.78 is 0. The Kier molecular flexibility index (Phi) is 2.14. The number of hydrogen-bond donors (Lipinski definition) is 1. The van der Waals surface area contributed by atoms with E-state index in [9.17, 15) is 5.11 Å². The van der Waals surface area contributed by atoms with E-state index in [0.717, 1.165) is 6.42 Å². The van der Waals surface area contributed by atoms with E-state index in [1.807, 2.05) is 6.92 Å². The van der Waals surface area contributed by atoms with Crippen molar-refractivity contribution in [2.24, 2.45) is 5.92 Å². The van der Waals surface area contributed by atoms with E-state index >= 15 is 0 Å². The van der Waals surface area contributed by atoms with Gasteiger partial charge in [-0.05, 0) is 38.2 Å². The summed E-state index contributed by atoms with van der Waals surface area (Å²) in [6.07, 6.45) is 2.11. The molecule has 0 bridgehead atoms. The summed E-state index contributed by atoms with van der Waals surface area (Å²) in [6.45, 7) is 6.22. The molecule has 0 saturated heterocycles. The third kappa shape index (κ3) is 1.24. The summed E-state index contributed by atoms with van der Waals surface area (Å²) in [6, 6.07) is 0. The number of allylic oxidation sites excluding steroid dienone is 1. The molecule has 0 radical (unpaired) electrons. The second-order valence-corrected chi connectivity index (χ2v) is 3.32. The van der Waals surface area contributed by atoms with Crippen molar-refractivity contribution in [1.82, 2.24) is 0 Å². The van der Waals surface area contributed by atoms with E-state index in [1.54, 1.807) is 0 Å². The third-order valence-corrected chi connectivity index (χ3v) is 2.60. The smallest absolute Gasteiger partial charge is 0.0724 e. The van der Waals surface area contributed by atoms with Crippen LogP contribution in [0.15, 0.2) is 11.1 Å². The summed E-state index contributed by atoms with van der Waals surface area (Å²) in [4.78, 5) is 0. The highest BCUT2D eigenvalue weighted by atomic mass is 16.3. The lowest BCUT2D eigenvalue weighted by Crippen LogP contribution is -2.03. The number of rotatable bonds is 1. The van der Waals surface area contributed by atoms with E-state index in [4.69, 9.17) is 0 Å². The molecule has 10 heavy (non-hydrogen) atoms. The summed E-state index contributed by atoms with van der Waals surface area (Å²) in [7, 11) is 0. The summed E-state index contributed by atoms with van der Waals surface area (Å²) in [5.41, 5.74) is 2.68. The molecule has 0 aromatic rings. The fraction of sp³-hybridized carbons (Fsp3) is 0.778. The summed E-state index contributed by atoms with van der Waals surface area (Å²) in [5, 5.41) is 9.28. The average molecular weight is 140 g/mol. The molecule has 0 heterocycles. The van der Waals surface area contributed by atoms with Crippen LogP contribution in [-0.2, 0) is 0 Å². The Balaban J connectivity index is 2.75. The molecule has 1 nitrogen and oxygen atoms in total. The first-order chi connectivity index (χ1) is 4.63. The van der Waals surface area contributed by atoms with Crippen LogP contribution in [0.5, 0.6) is 0 Å². The lowest BCUT2D eigenvalue weighted by Gasteiger charge is -2.07. The Hall–Kier alpha value is -0.300. The van der Waals surface area contributed by atoms with Gasteiger partial charge in [0, 0.05) is 0 Å². The number of hydrogen-bond acceptors (Lipinski definition) is 1. The molecule has 1 rings (SSSR count). The van der Waals surface area contributed by atoms with Crippen LogP contribution >= 0.6 is 0 Å². The van der Waals surface area contributed by atoms with Crippen molar-refractivity contribution >= 4 is 0 Å². The minimum Gasteiger partial charge on any atom is -0.389 e. The van der Waals surface area contributed by atoms with Crippen LogP contribution in [0.4, 0.5) is 0 Å². The van der Waals surface area contributed by atoms with E-state index in [-0.39, 0.29) is 6.10 Å². The van der Waals surface area contributed by atoms with Crippen LogP contribution < -0.4 is 0 Å². The van der Waals surface area contributed by atoms with E-state index in [1.165, 1.54) is 17.6 Å². The Labute approximate surface area is 62.8 Å². The molecule has 0 fully saturated rings. The monoisotopic (exact) mass is 140 g/mol. The number of aliphatic hydroxyl groups excluding tert-OH is 1. The Bertz CT molecular complexity index is 156. The predicted octanol–water partition coefficient (Wildman–Crippen LogP) is 2.11. The largest absolute Gasteiger partial charge is 0.389 e. The molecular weight excluding hydrogens is 124 g/mol. The van der Waals surface area contributed by atoms with Gasteiger partial charge in [-0.2, -0.15) is 0 Å². The second-order valence-electron chi connectivity index (χ2n) is 3.32. The van der Waals surface area contributed by atoms with Gasteiger partial charge in [0.1, 0.15) is 0 Å². The van der Waals surface area contributed by atoms with Gasteiger partial charge in [-0.3, -0.25) is 0 Å².